The maximum atomic E-state index is 12.6. The maximum absolute atomic E-state index is 12.6. The SMILES string of the molecule is C=C(Br)CNC(=O)C1CCCCC1C(=O)N1CCCC1. The van der Waals surface area contributed by atoms with Crippen LogP contribution in [0.4, 0.5) is 0 Å². The van der Waals surface area contributed by atoms with Gasteiger partial charge in [0.1, 0.15) is 0 Å². The molecule has 2 amide bonds. The van der Waals surface area contributed by atoms with Gasteiger partial charge in [0.2, 0.25) is 11.8 Å². The second-order valence-electron chi connectivity index (χ2n) is 5.76. The number of hydrogen-bond acceptors (Lipinski definition) is 2. The van der Waals surface area contributed by atoms with Crippen LogP contribution in [0.15, 0.2) is 11.1 Å². The molecular formula is C15H23BrN2O2. The normalized spacial score (nSPS) is 26.4. The molecule has 0 aromatic carbocycles. The number of carbonyl (C=O) groups is 2. The lowest BCUT2D eigenvalue weighted by Crippen LogP contribution is -2.44. The zero-order chi connectivity index (χ0) is 14.5. The summed E-state index contributed by atoms with van der Waals surface area (Å²) in [5.74, 6) is -0.0861. The molecule has 0 aromatic rings. The maximum Gasteiger partial charge on any atom is 0.226 e. The summed E-state index contributed by atoms with van der Waals surface area (Å²) in [6.07, 6.45) is 5.96. The van der Waals surface area contributed by atoms with Crippen LogP contribution in [0.5, 0.6) is 0 Å². The van der Waals surface area contributed by atoms with E-state index in [1.165, 1.54) is 0 Å². The van der Waals surface area contributed by atoms with E-state index in [1.807, 2.05) is 4.90 Å². The van der Waals surface area contributed by atoms with Crippen molar-refractivity contribution in [1.29, 1.82) is 0 Å². The van der Waals surface area contributed by atoms with Crippen molar-refractivity contribution in [2.24, 2.45) is 11.8 Å². The van der Waals surface area contributed by atoms with E-state index in [2.05, 4.69) is 27.8 Å². The van der Waals surface area contributed by atoms with Gasteiger partial charge in [0.25, 0.3) is 0 Å². The van der Waals surface area contributed by atoms with Gasteiger partial charge in [0, 0.05) is 36.0 Å². The van der Waals surface area contributed by atoms with Crippen LogP contribution in [0.1, 0.15) is 38.5 Å². The van der Waals surface area contributed by atoms with Gasteiger partial charge < -0.3 is 10.2 Å². The summed E-state index contributed by atoms with van der Waals surface area (Å²) < 4.78 is 0.754. The average molecular weight is 343 g/mol. The number of halogens is 1. The molecule has 2 fully saturated rings. The largest absolute Gasteiger partial charge is 0.351 e. The van der Waals surface area contributed by atoms with Gasteiger partial charge in [0.05, 0.1) is 0 Å². The first-order valence-electron chi connectivity index (χ1n) is 7.49. The van der Waals surface area contributed by atoms with E-state index in [0.29, 0.717) is 6.54 Å². The highest BCUT2D eigenvalue weighted by Crippen LogP contribution is 2.32. The molecule has 2 aliphatic rings. The topological polar surface area (TPSA) is 49.4 Å². The van der Waals surface area contributed by atoms with E-state index in [-0.39, 0.29) is 23.7 Å². The first kappa shape index (κ1) is 15.5. The van der Waals surface area contributed by atoms with Crippen LogP contribution in [0.3, 0.4) is 0 Å². The predicted octanol–water partition coefficient (Wildman–Crippen LogP) is 2.44. The minimum absolute atomic E-state index is 0.00264. The second kappa shape index (κ2) is 7.25. The van der Waals surface area contributed by atoms with Gasteiger partial charge in [-0.3, -0.25) is 9.59 Å². The molecule has 0 spiro atoms. The summed E-state index contributed by atoms with van der Waals surface area (Å²) in [7, 11) is 0. The highest BCUT2D eigenvalue weighted by molar-refractivity contribution is 9.11. The first-order chi connectivity index (χ1) is 9.59. The smallest absolute Gasteiger partial charge is 0.226 e. The van der Waals surface area contributed by atoms with Crippen molar-refractivity contribution in [2.75, 3.05) is 19.6 Å². The minimum atomic E-state index is -0.163. The summed E-state index contributed by atoms with van der Waals surface area (Å²) in [5.41, 5.74) is 0. The van der Waals surface area contributed by atoms with E-state index in [1.54, 1.807) is 0 Å². The third-order valence-corrected chi connectivity index (χ3v) is 4.57. The van der Waals surface area contributed by atoms with Gasteiger partial charge in [-0.1, -0.05) is 35.4 Å². The Morgan fingerprint density at radius 1 is 1.10 bits per heavy atom. The molecule has 112 valence electrons. The molecule has 0 aromatic heterocycles. The molecule has 4 nitrogen and oxygen atoms in total. The van der Waals surface area contributed by atoms with Crippen molar-refractivity contribution < 1.29 is 9.59 Å². The van der Waals surface area contributed by atoms with Crippen molar-refractivity contribution in [3.05, 3.63) is 11.1 Å². The summed E-state index contributed by atoms with van der Waals surface area (Å²) in [6.45, 7) is 5.87. The highest BCUT2D eigenvalue weighted by Gasteiger charge is 2.38. The van der Waals surface area contributed by atoms with Crippen molar-refractivity contribution in [3.63, 3.8) is 0 Å². The van der Waals surface area contributed by atoms with Crippen LogP contribution < -0.4 is 5.32 Å². The van der Waals surface area contributed by atoms with E-state index in [0.717, 1.165) is 56.1 Å². The fraction of sp³-hybridized carbons (Fsp3) is 0.733. The first-order valence-corrected chi connectivity index (χ1v) is 8.28. The minimum Gasteiger partial charge on any atom is -0.351 e. The van der Waals surface area contributed by atoms with Gasteiger partial charge in [-0.05, 0) is 25.7 Å². The fourth-order valence-electron chi connectivity index (χ4n) is 3.23. The Kier molecular flexibility index (Phi) is 5.64. The van der Waals surface area contributed by atoms with Gasteiger partial charge in [0.15, 0.2) is 0 Å². The Labute approximate surface area is 129 Å². The Morgan fingerprint density at radius 3 is 2.30 bits per heavy atom. The summed E-state index contributed by atoms with van der Waals surface area (Å²) in [4.78, 5) is 26.8. The number of likely N-dealkylation sites (tertiary alicyclic amines) is 1. The third kappa shape index (κ3) is 3.84. The molecule has 2 unspecified atom stereocenters. The molecule has 1 saturated carbocycles. The Morgan fingerprint density at radius 2 is 1.70 bits per heavy atom. The van der Waals surface area contributed by atoms with Gasteiger partial charge in [-0.2, -0.15) is 0 Å². The molecular weight excluding hydrogens is 320 g/mol. The molecule has 1 N–H and O–H groups in total. The summed E-state index contributed by atoms with van der Waals surface area (Å²) >= 11 is 3.24. The van der Waals surface area contributed by atoms with Crippen molar-refractivity contribution in [3.8, 4) is 0 Å². The molecule has 2 atom stereocenters. The van der Waals surface area contributed by atoms with E-state index >= 15 is 0 Å². The molecule has 20 heavy (non-hydrogen) atoms. The van der Waals surface area contributed by atoms with Gasteiger partial charge in [-0.25, -0.2) is 0 Å². The fourth-order valence-corrected chi connectivity index (χ4v) is 3.37. The van der Waals surface area contributed by atoms with Gasteiger partial charge in [-0.15, -0.1) is 0 Å². The highest BCUT2D eigenvalue weighted by atomic mass is 79.9. The standard InChI is InChI=1S/C15H23BrN2O2/c1-11(16)10-17-14(19)12-6-2-3-7-13(12)15(20)18-8-4-5-9-18/h12-13H,1-10H2,(H,17,19). The molecule has 5 heteroatoms. The van der Waals surface area contributed by atoms with E-state index in [9.17, 15) is 9.59 Å². The third-order valence-electron chi connectivity index (χ3n) is 4.29. The number of nitrogens with one attached hydrogen (secondary N) is 1. The number of carbonyl (C=O) groups excluding carboxylic acids is 2. The van der Waals surface area contributed by atoms with Gasteiger partial charge >= 0.3 is 0 Å². The monoisotopic (exact) mass is 342 g/mol. The van der Waals surface area contributed by atoms with Crippen LogP contribution >= 0.6 is 15.9 Å². The van der Waals surface area contributed by atoms with Crippen LogP contribution in [-0.2, 0) is 9.59 Å². The zero-order valence-electron chi connectivity index (χ0n) is 11.9. The molecule has 1 aliphatic carbocycles. The van der Waals surface area contributed by atoms with Crippen molar-refractivity contribution in [1.82, 2.24) is 10.2 Å². The molecule has 1 saturated heterocycles. The lowest BCUT2D eigenvalue weighted by atomic mass is 9.78. The Bertz CT molecular complexity index is 391. The number of hydrogen-bond donors (Lipinski definition) is 1. The molecule has 2 rings (SSSR count). The van der Waals surface area contributed by atoms with Crippen molar-refractivity contribution in [2.45, 2.75) is 38.5 Å². The van der Waals surface area contributed by atoms with E-state index in [4.69, 9.17) is 0 Å². The number of amides is 2. The lowest BCUT2D eigenvalue weighted by molar-refractivity contribution is -0.142. The number of rotatable bonds is 4. The van der Waals surface area contributed by atoms with Crippen LogP contribution in [0, 0.1) is 11.8 Å². The Balaban J connectivity index is 1.98. The average Bonchev–Trinajstić information content (AvgIpc) is 2.98. The molecule has 0 radical (unpaired) electrons. The van der Waals surface area contributed by atoms with E-state index < -0.39 is 0 Å². The van der Waals surface area contributed by atoms with Crippen LogP contribution in [0.25, 0.3) is 0 Å². The second-order valence-corrected chi connectivity index (χ2v) is 6.89. The zero-order valence-corrected chi connectivity index (χ0v) is 13.5. The quantitative estimate of drug-likeness (QED) is 0.852. The lowest BCUT2D eigenvalue weighted by Gasteiger charge is -2.32. The summed E-state index contributed by atoms with van der Waals surface area (Å²) in [6, 6.07) is 0. The molecule has 0 bridgehead atoms. The predicted molar refractivity (Wildman–Crippen MR) is 82.3 cm³/mol. The molecule has 1 heterocycles. The Hall–Kier alpha value is -0.840. The van der Waals surface area contributed by atoms with Crippen LogP contribution in [-0.4, -0.2) is 36.3 Å². The molecule has 1 aliphatic heterocycles. The summed E-state index contributed by atoms with van der Waals surface area (Å²) in [5, 5.41) is 2.87. The number of nitrogens with zero attached hydrogens (tertiary/aromatic N) is 1. The van der Waals surface area contributed by atoms with Crippen molar-refractivity contribution >= 4 is 27.7 Å². The van der Waals surface area contributed by atoms with Crippen LogP contribution in [0.2, 0.25) is 0 Å².